The lowest BCUT2D eigenvalue weighted by atomic mass is 10.1. The van der Waals surface area contributed by atoms with Gasteiger partial charge in [-0.2, -0.15) is 0 Å². The molecule has 0 bridgehead atoms. The fourth-order valence-electron chi connectivity index (χ4n) is 2.20. The van der Waals surface area contributed by atoms with Crippen LogP contribution in [-0.2, 0) is 0 Å². The lowest BCUT2D eigenvalue weighted by molar-refractivity contribution is 0.0942. The van der Waals surface area contributed by atoms with Crippen molar-refractivity contribution < 1.29 is 4.79 Å². The third-order valence-electron chi connectivity index (χ3n) is 3.45. The second-order valence-electron chi connectivity index (χ2n) is 5.23. The van der Waals surface area contributed by atoms with Gasteiger partial charge in [-0.1, -0.05) is 53.5 Å². The van der Waals surface area contributed by atoms with Crippen molar-refractivity contribution in [2.75, 3.05) is 20.6 Å². The summed E-state index contributed by atoms with van der Waals surface area (Å²) < 4.78 is 0. The summed E-state index contributed by atoms with van der Waals surface area (Å²) in [6.45, 7) is 0.510. The number of carbonyl (C=O) groups excluding carboxylic acids is 1. The van der Waals surface area contributed by atoms with E-state index in [1.807, 2.05) is 32.3 Å². The Balaban J connectivity index is 2.06. The summed E-state index contributed by atoms with van der Waals surface area (Å²) in [6.07, 6.45) is 0. The van der Waals surface area contributed by atoms with E-state index in [0.29, 0.717) is 22.2 Å². The normalized spacial score (nSPS) is 12.2. The van der Waals surface area contributed by atoms with Crippen molar-refractivity contribution in [1.29, 1.82) is 0 Å². The first-order chi connectivity index (χ1) is 10.5. The zero-order valence-electron chi connectivity index (χ0n) is 12.5. The Morgan fingerprint density at radius 3 is 2.36 bits per heavy atom. The highest BCUT2D eigenvalue weighted by atomic mass is 35.5. The number of nitrogens with one attached hydrogen (secondary N) is 1. The quantitative estimate of drug-likeness (QED) is 0.894. The standard InChI is InChI=1S/C17H18Cl2N2O/c1-21(2)16(12-6-4-3-5-7-12)11-20-17(22)13-8-9-14(18)15(19)10-13/h3-10,16H,11H2,1-2H3,(H,20,22). The lowest BCUT2D eigenvalue weighted by Gasteiger charge is -2.25. The smallest absolute Gasteiger partial charge is 0.251 e. The number of benzene rings is 2. The molecule has 116 valence electrons. The largest absolute Gasteiger partial charge is 0.350 e. The van der Waals surface area contributed by atoms with Gasteiger partial charge in [-0.05, 0) is 37.9 Å². The molecule has 0 saturated heterocycles. The average Bonchev–Trinajstić information content (AvgIpc) is 2.50. The highest BCUT2D eigenvalue weighted by Gasteiger charge is 2.16. The van der Waals surface area contributed by atoms with Gasteiger partial charge in [0, 0.05) is 12.1 Å². The van der Waals surface area contributed by atoms with Crippen molar-refractivity contribution in [2.24, 2.45) is 0 Å². The molecule has 5 heteroatoms. The summed E-state index contributed by atoms with van der Waals surface area (Å²) in [5, 5.41) is 3.76. The van der Waals surface area contributed by atoms with Crippen LogP contribution in [0, 0.1) is 0 Å². The number of carbonyl (C=O) groups is 1. The summed E-state index contributed by atoms with van der Waals surface area (Å²) in [5.41, 5.74) is 1.65. The van der Waals surface area contributed by atoms with Crippen molar-refractivity contribution in [3.63, 3.8) is 0 Å². The van der Waals surface area contributed by atoms with Gasteiger partial charge in [-0.3, -0.25) is 4.79 Å². The van der Waals surface area contributed by atoms with Crippen LogP contribution in [0.25, 0.3) is 0 Å². The van der Waals surface area contributed by atoms with E-state index in [4.69, 9.17) is 23.2 Å². The van der Waals surface area contributed by atoms with Gasteiger partial charge in [0.15, 0.2) is 0 Å². The topological polar surface area (TPSA) is 32.3 Å². The second kappa shape index (κ2) is 7.63. The molecule has 1 N–H and O–H groups in total. The summed E-state index contributed by atoms with van der Waals surface area (Å²) in [5.74, 6) is -0.165. The van der Waals surface area contributed by atoms with Gasteiger partial charge in [-0.25, -0.2) is 0 Å². The minimum Gasteiger partial charge on any atom is -0.350 e. The number of amides is 1. The van der Waals surface area contributed by atoms with E-state index in [-0.39, 0.29) is 11.9 Å². The molecule has 0 radical (unpaired) electrons. The molecule has 1 amide bonds. The Morgan fingerprint density at radius 2 is 1.77 bits per heavy atom. The van der Waals surface area contributed by atoms with Crippen LogP contribution < -0.4 is 5.32 Å². The summed E-state index contributed by atoms with van der Waals surface area (Å²) in [6, 6.07) is 15.0. The molecule has 1 unspecified atom stereocenters. The summed E-state index contributed by atoms with van der Waals surface area (Å²) >= 11 is 11.8. The Morgan fingerprint density at radius 1 is 1.09 bits per heavy atom. The molecule has 0 fully saturated rings. The molecule has 2 aromatic carbocycles. The number of hydrogen-bond donors (Lipinski definition) is 1. The van der Waals surface area contributed by atoms with Crippen LogP contribution in [-0.4, -0.2) is 31.4 Å². The van der Waals surface area contributed by atoms with E-state index in [0.717, 1.165) is 5.56 Å². The van der Waals surface area contributed by atoms with Gasteiger partial charge in [0.25, 0.3) is 5.91 Å². The minimum absolute atomic E-state index is 0.105. The zero-order chi connectivity index (χ0) is 16.1. The molecular formula is C17H18Cl2N2O. The molecule has 0 aliphatic rings. The van der Waals surface area contributed by atoms with E-state index in [1.54, 1.807) is 18.2 Å². The second-order valence-corrected chi connectivity index (χ2v) is 6.04. The van der Waals surface area contributed by atoms with Gasteiger partial charge in [0.1, 0.15) is 0 Å². The van der Waals surface area contributed by atoms with Gasteiger partial charge in [0.2, 0.25) is 0 Å². The van der Waals surface area contributed by atoms with E-state index in [2.05, 4.69) is 22.3 Å². The third-order valence-corrected chi connectivity index (χ3v) is 4.18. The maximum Gasteiger partial charge on any atom is 0.251 e. The van der Waals surface area contributed by atoms with Gasteiger partial charge >= 0.3 is 0 Å². The maximum absolute atomic E-state index is 12.2. The van der Waals surface area contributed by atoms with Crippen LogP contribution in [0.2, 0.25) is 10.0 Å². The number of hydrogen-bond acceptors (Lipinski definition) is 2. The summed E-state index contributed by atoms with van der Waals surface area (Å²) in [4.78, 5) is 14.3. The molecule has 1 atom stereocenters. The Kier molecular flexibility index (Phi) is 5.83. The first-order valence-corrected chi connectivity index (χ1v) is 7.69. The molecule has 2 aromatic rings. The van der Waals surface area contributed by atoms with Crippen LogP contribution in [0.3, 0.4) is 0 Å². The molecule has 22 heavy (non-hydrogen) atoms. The van der Waals surface area contributed by atoms with Gasteiger partial charge in [0.05, 0.1) is 16.1 Å². The average molecular weight is 337 g/mol. The number of rotatable bonds is 5. The van der Waals surface area contributed by atoms with Crippen molar-refractivity contribution >= 4 is 29.1 Å². The fraction of sp³-hybridized carbons (Fsp3) is 0.235. The molecule has 0 spiro atoms. The van der Waals surface area contributed by atoms with Gasteiger partial charge < -0.3 is 10.2 Å². The van der Waals surface area contributed by atoms with Gasteiger partial charge in [-0.15, -0.1) is 0 Å². The van der Waals surface area contributed by atoms with Crippen LogP contribution in [0.15, 0.2) is 48.5 Å². The van der Waals surface area contributed by atoms with E-state index < -0.39 is 0 Å². The minimum atomic E-state index is -0.165. The molecule has 0 aliphatic carbocycles. The van der Waals surface area contributed by atoms with Crippen molar-refractivity contribution in [2.45, 2.75) is 6.04 Å². The fourth-order valence-corrected chi connectivity index (χ4v) is 2.50. The van der Waals surface area contributed by atoms with Crippen LogP contribution in [0.1, 0.15) is 22.0 Å². The predicted molar refractivity (Wildman–Crippen MR) is 91.7 cm³/mol. The highest BCUT2D eigenvalue weighted by molar-refractivity contribution is 6.42. The maximum atomic E-state index is 12.2. The highest BCUT2D eigenvalue weighted by Crippen LogP contribution is 2.23. The number of likely N-dealkylation sites (N-methyl/N-ethyl adjacent to an activating group) is 1. The lowest BCUT2D eigenvalue weighted by Crippen LogP contribution is -2.34. The molecule has 0 aliphatic heterocycles. The number of nitrogens with zero attached hydrogens (tertiary/aromatic N) is 1. The zero-order valence-corrected chi connectivity index (χ0v) is 14.0. The Bertz CT molecular complexity index is 644. The SMILES string of the molecule is CN(C)C(CNC(=O)c1ccc(Cl)c(Cl)c1)c1ccccc1. The number of halogens is 2. The van der Waals surface area contributed by atoms with Crippen LogP contribution in [0.4, 0.5) is 0 Å². The molecule has 2 rings (SSSR count). The molecular weight excluding hydrogens is 319 g/mol. The first kappa shape index (κ1) is 16.8. The monoisotopic (exact) mass is 336 g/mol. The van der Waals surface area contributed by atoms with E-state index >= 15 is 0 Å². The van der Waals surface area contributed by atoms with Crippen molar-refractivity contribution in [3.8, 4) is 0 Å². The van der Waals surface area contributed by atoms with Crippen molar-refractivity contribution in [1.82, 2.24) is 10.2 Å². The predicted octanol–water partition coefficient (Wildman–Crippen LogP) is 4.03. The van der Waals surface area contributed by atoms with Crippen LogP contribution in [0.5, 0.6) is 0 Å². The third kappa shape index (κ3) is 4.23. The first-order valence-electron chi connectivity index (χ1n) is 6.93. The molecule has 3 nitrogen and oxygen atoms in total. The van der Waals surface area contributed by atoms with Crippen molar-refractivity contribution in [3.05, 3.63) is 69.7 Å². The van der Waals surface area contributed by atoms with Crippen LogP contribution >= 0.6 is 23.2 Å². The molecule has 0 aromatic heterocycles. The molecule has 0 heterocycles. The summed E-state index contributed by atoms with van der Waals surface area (Å²) in [7, 11) is 3.98. The van der Waals surface area contributed by atoms with E-state index in [9.17, 15) is 4.79 Å². The Labute approximate surface area is 140 Å². The molecule has 0 saturated carbocycles. The Hall–Kier alpha value is -1.55. The van der Waals surface area contributed by atoms with E-state index in [1.165, 1.54) is 0 Å².